The van der Waals surface area contributed by atoms with Crippen molar-refractivity contribution in [3.63, 3.8) is 0 Å². The van der Waals surface area contributed by atoms with Crippen LogP contribution >= 0.6 is 11.8 Å². The maximum absolute atomic E-state index is 8.06. The van der Waals surface area contributed by atoms with Gasteiger partial charge >= 0.3 is 0 Å². The molecule has 0 aromatic carbocycles. The van der Waals surface area contributed by atoms with Crippen LogP contribution in [0.1, 0.15) is 6.92 Å². The number of rotatable bonds is 2. The molecule has 2 nitrogen and oxygen atoms in total. The molecule has 38 valence electrons. The van der Waals surface area contributed by atoms with Gasteiger partial charge in [0.25, 0.3) is 0 Å². The Morgan fingerprint density at radius 2 is 2.33 bits per heavy atom. The van der Waals surface area contributed by atoms with Crippen molar-refractivity contribution < 1.29 is 5.21 Å². The van der Waals surface area contributed by atoms with Gasteiger partial charge in [-0.15, -0.1) is 11.8 Å². The molecule has 1 atom stereocenters. The zero-order chi connectivity index (χ0) is 4.99. The van der Waals surface area contributed by atoms with Gasteiger partial charge < -0.3 is 5.21 Å². The average Bonchev–Trinajstić information content (AvgIpc) is 1.65. The second-order valence-electron chi connectivity index (χ2n) is 1.01. The molecule has 0 radical (unpaired) electrons. The predicted molar refractivity (Wildman–Crippen MR) is 27.9 cm³/mol. The van der Waals surface area contributed by atoms with Crippen molar-refractivity contribution in [3.8, 4) is 0 Å². The maximum Gasteiger partial charge on any atom is 0.0741 e. The molecule has 2 N–H and O–H groups in total. The summed E-state index contributed by atoms with van der Waals surface area (Å²) >= 11 is 1.56. The lowest BCUT2D eigenvalue weighted by molar-refractivity contribution is 0.162. The first-order valence-corrected chi connectivity index (χ1v) is 3.02. The second-order valence-corrected chi connectivity index (χ2v) is 2.19. The third-order valence-corrected chi connectivity index (χ3v) is 1.35. The number of hydrogen-bond acceptors (Lipinski definition) is 3. The van der Waals surface area contributed by atoms with Crippen LogP contribution in [0.4, 0.5) is 0 Å². The summed E-state index contributed by atoms with van der Waals surface area (Å²) in [5, 5.41) is 8.22. The van der Waals surface area contributed by atoms with Crippen LogP contribution in [0.15, 0.2) is 0 Å². The lowest BCUT2D eigenvalue weighted by atomic mass is 10.8. The van der Waals surface area contributed by atoms with Crippen LogP contribution < -0.4 is 5.48 Å². The lowest BCUT2D eigenvalue weighted by Crippen LogP contribution is -2.16. The van der Waals surface area contributed by atoms with Gasteiger partial charge in [0.1, 0.15) is 0 Å². The molecule has 1 unspecified atom stereocenters. The summed E-state index contributed by atoms with van der Waals surface area (Å²) in [4.78, 5) is 0. The fourth-order valence-electron chi connectivity index (χ4n) is 0.0527. The third kappa shape index (κ3) is 2.50. The van der Waals surface area contributed by atoms with Gasteiger partial charge in [0.2, 0.25) is 0 Å². The quantitative estimate of drug-likeness (QED) is 0.402. The van der Waals surface area contributed by atoms with E-state index in [-0.39, 0.29) is 5.37 Å². The smallest absolute Gasteiger partial charge is 0.0741 e. The van der Waals surface area contributed by atoms with E-state index in [1.807, 2.05) is 13.2 Å². The van der Waals surface area contributed by atoms with Crippen molar-refractivity contribution in [2.24, 2.45) is 0 Å². The molecule has 0 aliphatic heterocycles. The normalized spacial score (nSPS) is 14.5. The summed E-state index contributed by atoms with van der Waals surface area (Å²) in [6.45, 7) is 1.88. The Labute approximate surface area is 41.9 Å². The molecule has 0 heterocycles. The highest BCUT2D eigenvalue weighted by Crippen LogP contribution is 1.97. The lowest BCUT2D eigenvalue weighted by Gasteiger charge is -2.00. The molecule has 0 amide bonds. The molecular formula is C3H9NOS. The molecule has 3 heteroatoms. The molecule has 0 bridgehead atoms. The van der Waals surface area contributed by atoms with E-state index in [9.17, 15) is 0 Å². The molecule has 0 rings (SSSR count). The summed E-state index contributed by atoms with van der Waals surface area (Å²) in [5.74, 6) is 0. The van der Waals surface area contributed by atoms with Crippen molar-refractivity contribution in [1.82, 2.24) is 5.48 Å². The fraction of sp³-hybridized carbons (Fsp3) is 1.00. The van der Waals surface area contributed by atoms with Gasteiger partial charge in [0.15, 0.2) is 0 Å². The monoisotopic (exact) mass is 107 g/mol. The van der Waals surface area contributed by atoms with E-state index in [1.165, 1.54) is 0 Å². The Hall–Kier alpha value is 0.270. The molecule has 0 fully saturated rings. The molecule has 6 heavy (non-hydrogen) atoms. The van der Waals surface area contributed by atoms with Crippen molar-refractivity contribution >= 4 is 11.8 Å². The Balaban J connectivity index is 2.75. The molecule has 0 spiro atoms. The minimum atomic E-state index is 0.157. The number of hydrogen-bond donors (Lipinski definition) is 2. The standard InChI is InChI=1S/C3H9NOS/c1-3(4-5)6-2/h3-5H,1-2H3. The zero-order valence-corrected chi connectivity index (χ0v) is 4.75. The molecule has 0 aromatic rings. The second kappa shape index (κ2) is 3.46. The fourth-order valence-corrected chi connectivity index (χ4v) is 0.158. The van der Waals surface area contributed by atoms with Crippen LogP contribution in [-0.2, 0) is 0 Å². The van der Waals surface area contributed by atoms with E-state index >= 15 is 0 Å². The van der Waals surface area contributed by atoms with Gasteiger partial charge in [-0.1, -0.05) is 0 Å². The molecule has 0 aliphatic rings. The van der Waals surface area contributed by atoms with E-state index in [1.54, 1.807) is 11.8 Å². The van der Waals surface area contributed by atoms with E-state index in [2.05, 4.69) is 5.48 Å². The van der Waals surface area contributed by atoms with Crippen LogP contribution in [0.5, 0.6) is 0 Å². The summed E-state index contributed by atoms with van der Waals surface area (Å²) in [5.41, 5.74) is 2.08. The molecule has 0 aliphatic carbocycles. The SMILES string of the molecule is CSC(C)NO. The number of hydroxylamine groups is 1. The van der Waals surface area contributed by atoms with Gasteiger partial charge in [0.05, 0.1) is 5.37 Å². The maximum atomic E-state index is 8.06. The van der Waals surface area contributed by atoms with Crippen molar-refractivity contribution in [2.45, 2.75) is 12.3 Å². The van der Waals surface area contributed by atoms with Crippen LogP contribution in [0.2, 0.25) is 0 Å². The van der Waals surface area contributed by atoms with E-state index < -0.39 is 0 Å². The van der Waals surface area contributed by atoms with Crippen molar-refractivity contribution in [3.05, 3.63) is 0 Å². The highest BCUT2D eigenvalue weighted by Gasteiger charge is 1.88. The Morgan fingerprint density at radius 1 is 1.83 bits per heavy atom. The molecule has 0 saturated heterocycles. The predicted octanol–water partition coefficient (Wildman–Crippen LogP) is 0.674. The molecule has 0 saturated carbocycles. The highest BCUT2D eigenvalue weighted by atomic mass is 32.2. The summed E-state index contributed by atoms with van der Waals surface area (Å²) < 4.78 is 0. The Morgan fingerprint density at radius 3 is 2.33 bits per heavy atom. The largest absolute Gasteiger partial charge is 0.316 e. The van der Waals surface area contributed by atoms with Gasteiger partial charge in [-0.3, -0.25) is 0 Å². The number of thioether (sulfide) groups is 1. The average molecular weight is 107 g/mol. The minimum Gasteiger partial charge on any atom is -0.316 e. The molecule has 0 aromatic heterocycles. The van der Waals surface area contributed by atoms with Crippen LogP contribution in [0, 0.1) is 0 Å². The van der Waals surface area contributed by atoms with Gasteiger partial charge in [-0.05, 0) is 13.2 Å². The summed E-state index contributed by atoms with van der Waals surface area (Å²) in [6, 6.07) is 0. The Bertz CT molecular complexity index is 30.0. The topological polar surface area (TPSA) is 32.3 Å². The highest BCUT2D eigenvalue weighted by molar-refractivity contribution is 7.99. The first-order valence-electron chi connectivity index (χ1n) is 1.73. The van der Waals surface area contributed by atoms with E-state index in [4.69, 9.17) is 5.21 Å². The third-order valence-electron chi connectivity index (χ3n) is 0.535. The van der Waals surface area contributed by atoms with Crippen molar-refractivity contribution in [2.75, 3.05) is 6.26 Å². The van der Waals surface area contributed by atoms with Crippen LogP contribution in [-0.4, -0.2) is 16.8 Å². The summed E-state index contributed by atoms with van der Waals surface area (Å²) in [6.07, 6.45) is 1.92. The van der Waals surface area contributed by atoms with Crippen molar-refractivity contribution in [1.29, 1.82) is 0 Å². The van der Waals surface area contributed by atoms with E-state index in [0.717, 1.165) is 0 Å². The van der Waals surface area contributed by atoms with Crippen LogP contribution in [0.3, 0.4) is 0 Å². The Kier molecular flexibility index (Phi) is 3.62. The first kappa shape index (κ1) is 6.27. The van der Waals surface area contributed by atoms with Gasteiger partial charge in [-0.2, -0.15) is 5.48 Å². The first-order chi connectivity index (χ1) is 2.81. The zero-order valence-electron chi connectivity index (χ0n) is 3.93. The van der Waals surface area contributed by atoms with Gasteiger partial charge in [0, 0.05) is 0 Å². The van der Waals surface area contributed by atoms with Crippen LogP contribution in [0.25, 0.3) is 0 Å². The van der Waals surface area contributed by atoms with E-state index in [0.29, 0.717) is 0 Å². The summed E-state index contributed by atoms with van der Waals surface area (Å²) in [7, 11) is 0. The number of nitrogens with one attached hydrogen (secondary N) is 1. The van der Waals surface area contributed by atoms with Gasteiger partial charge in [-0.25, -0.2) is 0 Å². The minimum absolute atomic E-state index is 0.157. The molecular weight excluding hydrogens is 98.1 g/mol.